The lowest BCUT2D eigenvalue weighted by molar-refractivity contribution is 0.118. The predicted octanol–water partition coefficient (Wildman–Crippen LogP) is 2.72. The standard InChI is InChI=1S/C14H23N3O2/c1-2-14(6-4-3-5-7-14)16-13(18)19-11-10-17-9-8-15-12-17/h8-9,12H,2-7,10-11H2,1H3,(H,16,18). The number of carbonyl (C=O) groups is 1. The normalized spacial score (nSPS) is 17.9. The van der Waals surface area contributed by atoms with E-state index in [1.165, 1.54) is 19.3 Å². The van der Waals surface area contributed by atoms with Crippen LogP contribution in [-0.4, -0.2) is 27.8 Å². The summed E-state index contributed by atoms with van der Waals surface area (Å²) in [5.41, 5.74) is -0.0374. The van der Waals surface area contributed by atoms with Crippen molar-refractivity contribution in [3.63, 3.8) is 0 Å². The molecular formula is C14H23N3O2. The summed E-state index contributed by atoms with van der Waals surface area (Å²) in [6, 6.07) is 0. The van der Waals surface area contributed by atoms with E-state index in [9.17, 15) is 4.79 Å². The molecule has 1 N–H and O–H groups in total. The van der Waals surface area contributed by atoms with Crippen molar-refractivity contribution in [2.75, 3.05) is 6.61 Å². The van der Waals surface area contributed by atoms with Crippen LogP contribution in [0.1, 0.15) is 45.4 Å². The van der Waals surface area contributed by atoms with Gasteiger partial charge in [0.2, 0.25) is 0 Å². The van der Waals surface area contributed by atoms with Gasteiger partial charge in [0.25, 0.3) is 0 Å². The van der Waals surface area contributed by atoms with Gasteiger partial charge in [0.05, 0.1) is 12.9 Å². The van der Waals surface area contributed by atoms with Gasteiger partial charge in [-0.25, -0.2) is 9.78 Å². The van der Waals surface area contributed by atoms with E-state index in [-0.39, 0.29) is 11.6 Å². The highest BCUT2D eigenvalue weighted by molar-refractivity contribution is 5.68. The molecule has 2 rings (SSSR count). The molecule has 106 valence electrons. The van der Waals surface area contributed by atoms with Gasteiger partial charge < -0.3 is 14.6 Å². The molecule has 1 saturated carbocycles. The largest absolute Gasteiger partial charge is 0.448 e. The first-order valence-electron chi connectivity index (χ1n) is 7.15. The number of hydrogen-bond donors (Lipinski definition) is 1. The summed E-state index contributed by atoms with van der Waals surface area (Å²) >= 11 is 0. The molecule has 1 aromatic rings. The van der Waals surface area contributed by atoms with Crippen LogP contribution in [0.2, 0.25) is 0 Å². The van der Waals surface area contributed by atoms with Gasteiger partial charge in [-0.2, -0.15) is 0 Å². The van der Waals surface area contributed by atoms with E-state index in [4.69, 9.17) is 4.74 Å². The fourth-order valence-corrected chi connectivity index (χ4v) is 2.71. The molecule has 1 aliphatic rings. The molecule has 0 atom stereocenters. The van der Waals surface area contributed by atoms with Crippen molar-refractivity contribution < 1.29 is 9.53 Å². The van der Waals surface area contributed by atoms with Crippen molar-refractivity contribution >= 4 is 6.09 Å². The smallest absolute Gasteiger partial charge is 0.407 e. The van der Waals surface area contributed by atoms with Crippen molar-refractivity contribution in [3.05, 3.63) is 18.7 Å². The zero-order valence-electron chi connectivity index (χ0n) is 11.6. The summed E-state index contributed by atoms with van der Waals surface area (Å²) < 4.78 is 7.14. The number of nitrogens with zero attached hydrogens (tertiary/aromatic N) is 2. The molecule has 0 saturated heterocycles. The van der Waals surface area contributed by atoms with Crippen LogP contribution in [0.3, 0.4) is 0 Å². The Balaban J connectivity index is 1.73. The number of ether oxygens (including phenoxy) is 1. The number of imidazole rings is 1. The topological polar surface area (TPSA) is 56.1 Å². The molecule has 5 heteroatoms. The number of aromatic nitrogens is 2. The predicted molar refractivity (Wildman–Crippen MR) is 72.8 cm³/mol. The maximum Gasteiger partial charge on any atom is 0.407 e. The highest BCUT2D eigenvalue weighted by Gasteiger charge is 2.32. The molecule has 5 nitrogen and oxygen atoms in total. The molecule has 1 amide bonds. The Hall–Kier alpha value is -1.52. The van der Waals surface area contributed by atoms with Crippen molar-refractivity contribution in [3.8, 4) is 0 Å². The lowest BCUT2D eigenvalue weighted by atomic mass is 9.80. The van der Waals surface area contributed by atoms with Crippen molar-refractivity contribution in [1.82, 2.24) is 14.9 Å². The van der Waals surface area contributed by atoms with Crippen molar-refractivity contribution in [1.29, 1.82) is 0 Å². The molecular weight excluding hydrogens is 242 g/mol. The maximum atomic E-state index is 11.8. The van der Waals surface area contributed by atoms with E-state index < -0.39 is 0 Å². The zero-order valence-corrected chi connectivity index (χ0v) is 11.6. The Kier molecular flexibility index (Phi) is 4.82. The first kappa shape index (κ1) is 13.9. The number of amides is 1. The van der Waals surface area contributed by atoms with Crippen LogP contribution in [0.25, 0.3) is 0 Å². The van der Waals surface area contributed by atoms with Gasteiger partial charge in [-0.3, -0.25) is 0 Å². The second-order valence-electron chi connectivity index (χ2n) is 5.26. The van der Waals surface area contributed by atoms with Crippen LogP contribution in [0.4, 0.5) is 4.79 Å². The number of rotatable bonds is 5. The number of hydrogen-bond acceptors (Lipinski definition) is 3. The summed E-state index contributed by atoms with van der Waals surface area (Å²) in [5.74, 6) is 0. The molecule has 0 aromatic carbocycles. The fourth-order valence-electron chi connectivity index (χ4n) is 2.71. The Morgan fingerprint density at radius 3 is 2.84 bits per heavy atom. The monoisotopic (exact) mass is 265 g/mol. The summed E-state index contributed by atoms with van der Waals surface area (Å²) in [5, 5.41) is 3.08. The number of nitrogens with one attached hydrogen (secondary N) is 1. The Bertz CT molecular complexity index is 383. The Labute approximate surface area is 114 Å². The zero-order chi connectivity index (χ0) is 13.6. The van der Waals surface area contributed by atoms with E-state index in [0.717, 1.165) is 19.3 Å². The molecule has 1 heterocycles. The molecule has 1 fully saturated rings. The van der Waals surface area contributed by atoms with Crippen LogP contribution in [0.15, 0.2) is 18.7 Å². The molecule has 19 heavy (non-hydrogen) atoms. The van der Waals surface area contributed by atoms with Gasteiger partial charge >= 0.3 is 6.09 Å². The number of carbonyl (C=O) groups excluding carboxylic acids is 1. The van der Waals surface area contributed by atoms with Crippen LogP contribution in [0.5, 0.6) is 0 Å². The lowest BCUT2D eigenvalue weighted by Crippen LogP contribution is -2.49. The maximum absolute atomic E-state index is 11.8. The second kappa shape index (κ2) is 6.59. The molecule has 1 aromatic heterocycles. The van der Waals surface area contributed by atoms with Gasteiger partial charge in [0, 0.05) is 17.9 Å². The van der Waals surface area contributed by atoms with E-state index in [1.807, 2.05) is 10.8 Å². The minimum atomic E-state index is -0.288. The molecule has 0 aliphatic heterocycles. The van der Waals surface area contributed by atoms with E-state index in [1.54, 1.807) is 12.5 Å². The lowest BCUT2D eigenvalue weighted by Gasteiger charge is -2.36. The van der Waals surface area contributed by atoms with Crippen LogP contribution in [0, 0.1) is 0 Å². The van der Waals surface area contributed by atoms with E-state index in [2.05, 4.69) is 17.2 Å². The highest BCUT2D eigenvalue weighted by Crippen LogP contribution is 2.30. The quantitative estimate of drug-likeness (QED) is 0.890. The third-order valence-corrected chi connectivity index (χ3v) is 4.00. The van der Waals surface area contributed by atoms with Crippen LogP contribution in [-0.2, 0) is 11.3 Å². The summed E-state index contributed by atoms with van der Waals surface area (Å²) in [6.45, 7) is 3.16. The van der Waals surface area contributed by atoms with Gasteiger partial charge in [0.15, 0.2) is 0 Å². The molecule has 0 spiro atoms. The third kappa shape index (κ3) is 3.98. The fraction of sp³-hybridized carbons (Fsp3) is 0.714. The minimum absolute atomic E-state index is 0.0374. The van der Waals surface area contributed by atoms with Gasteiger partial charge in [-0.05, 0) is 19.3 Å². The molecule has 1 aliphatic carbocycles. The summed E-state index contributed by atoms with van der Waals surface area (Å²) in [7, 11) is 0. The summed E-state index contributed by atoms with van der Waals surface area (Å²) in [4.78, 5) is 15.8. The average molecular weight is 265 g/mol. The Morgan fingerprint density at radius 1 is 1.42 bits per heavy atom. The third-order valence-electron chi connectivity index (χ3n) is 4.00. The van der Waals surface area contributed by atoms with E-state index in [0.29, 0.717) is 13.2 Å². The van der Waals surface area contributed by atoms with Gasteiger partial charge in [-0.15, -0.1) is 0 Å². The van der Waals surface area contributed by atoms with Crippen molar-refractivity contribution in [2.24, 2.45) is 0 Å². The molecule has 0 unspecified atom stereocenters. The Morgan fingerprint density at radius 2 is 2.21 bits per heavy atom. The summed E-state index contributed by atoms with van der Waals surface area (Å²) in [6.07, 6.45) is 11.8. The van der Waals surface area contributed by atoms with Crippen LogP contribution < -0.4 is 5.32 Å². The average Bonchev–Trinajstić information content (AvgIpc) is 2.93. The molecule has 0 bridgehead atoms. The first-order valence-corrected chi connectivity index (χ1v) is 7.15. The van der Waals surface area contributed by atoms with E-state index >= 15 is 0 Å². The first-order chi connectivity index (χ1) is 9.24. The SMILES string of the molecule is CCC1(NC(=O)OCCn2ccnc2)CCCCC1. The number of alkyl carbamates (subject to hydrolysis) is 1. The van der Waals surface area contributed by atoms with Gasteiger partial charge in [0.1, 0.15) is 6.61 Å². The van der Waals surface area contributed by atoms with Crippen molar-refractivity contribution in [2.45, 2.75) is 57.5 Å². The van der Waals surface area contributed by atoms with Gasteiger partial charge in [-0.1, -0.05) is 26.2 Å². The highest BCUT2D eigenvalue weighted by atomic mass is 16.5. The second-order valence-corrected chi connectivity index (χ2v) is 5.26. The molecule has 0 radical (unpaired) electrons. The minimum Gasteiger partial charge on any atom is -0.448 e. The van der Waals surface area contributed by atoms with Crippen LogP contribution >= 0.6 is 0 Å².